The second kappa shape index (κ2) is 6.16. The van der Waals surface area contributed by atoms with Crippen molar-refractivity contribution in [3.63, 3.8) is 0 Å². The zero-order valence-electron chi connectivity index (χ0n) is 10.3. The molecule has 1 aromatic rings. The third-order valence-electron chi connectivity index (χ3n) is 2.80. The molecule has 0 aromatic carbocycles. The molecule has 1 N–H and O–H groups in total. The highest BCUT2D eigenvalue weighted by Crippen LogP contribution is 2.12. The van der Waals surface area contributed by atoms with Gasteiger partial charge < -0.3 is 15.0 Å². The van der Waals surface area contributed by atoms with Crippen molar-refractivity contribution in [2.24, 2.45) is 0 Å². The number of morpholine rings is 1. The van der Waals surface area contributed by atoms with Gasteiger partial charge in [0.25, 0.3) is 0 Å². The van der Waals surface area contributed by atoms with Crippen LogP contribution in [-0.2, 0) is 16.1 Å². The fraction of sp³-hybridized carbons (Fsp3) is 0.385. The molecule has 96 valence electrons. The Balaban J connectivity index is 1.92. The monoisotopic (exact) mass is 247 g/mol. The lowest BCUT2D eigenvalue weighted by molar-refractivity contribution is -0.116. The number of aromatic nitrogens is 1. The van der Waals surface area contributed by atoms with E-state index in [-0.39, 0.29) is 5.91 Å². The molecule has 5 heteroatoms. The van der Waals surface area contributed by atoms with Gasteiger partial charge in [0.05, 0.1) is 13.2 Å². The second-order valence-corrected chi connectivity index (χ2v) is 4.05. The van der Waals surface area contributed by atoms with Gasteiger partial charge in [0.15, 0.2) is 0 Å². The third kappa shape index (κ3) is 3.30. The van der Waals surface area contributed by atoms with Crippen molar-refractivity contribution in [3.05, 3.63) is 36.5 Å². The van der Waals surface area contributed by atoms with E-state index in [1.54, 1.807) is 6.20 Å². The molecule has 1 fully saturated rings. The van der Waals surface area contributed by atoms with Crippen molar-refractivity contribution < 1.29 is 9.53 Å². The molecule has 0 saturated carbocycles. The minimum absolute atomic E-state index is 0.174. The number of ether oxygens (including phenoxy) is 1. The lowest BCUT2D eigenvalue weighted by atomic mass is 10.2. The summed E-state index contributed by atoms with van der Waals surface area (Å²) in [5.74, 6) is 0.782. The van der Waals surface area contributed by atoms with E-state index >= 15 is 0 Å². The average molecular weight is 247 g/mol. The number of carbonyl (C=O) groups excluding carboxylic acids is 1. The first kappa shape index (κ1) is 12.6. The zero-order chi connectivity index (χ0) is 12.8. The summed E-state index contributed by atoms with van der Waals surface area (Å²) in [6, 6.07) is 3.95. The summed E-state index contributed by atoms with van der Waals surface area (Å²) in [7, 11) is 0. The topological polar surface area (TPSA) is 54.5 Å². The maximum absolute atomic E-state index is 11.0. The van der Waals surface area contributed by atoms with Crippen molar-refractivity contribution in [2.45, 2.75) is 6.54 Å². The first-order chi connectivity index (χ1) is 8.79. The number of anilines is 1. The largest absolute Gasteiger partial charge is 0.378 e. The maximum atomic E-state index is 11.0. The fourth-order valence-corrected chi connectivity index (χ4v) is 1.76. The number of nitrogens with one attached hydrogen (secondary N) is 1. The van der Waals surface area contributed by atoms with Crippen LogP contribution >= 0.6 is 0 Å². The highest BCUT2D eigenvalue weighted by atomic mass is 16.5. The highest BCUT2D eigenvalue weighted by molar-refractivity contribution is 5.86. The van der Waals surface area contributed by atoms with E-state index in [2.05, 4.69) is 21.8 Å². The van der Waals surface area contributed by atoms with Crippen LogP contribution in [0.15, 0.2) is 31.0 Å². The Bertz CT molecular complexity index is 411. The maximum Gasteiger partial charge on any atom is 0.243 e. The molecule has 5 nitrogen and oxygen atoms in total. The molecule has 2 rings (SSSR count). The van der Waals surface area contributed by atoms with E-state index in [0.29, 0.717) is 6.54 Å². The lowest BCUT2D eigenvalue weighted by Crippen LogP contribution is -2.36. The zero-order valence-corrected chi connectivity index (χ0v) is 10.3. The molecule has 1 saturated heterocycles. The van der Waals surface area contributed by atoms with Gasteiger partial charge in [-0.05, 0) is 17.7 Å². The molecular weight excluding hydrogens is 230 g/mol. The van der Waals surface area contributed by atoms with Gasteiger partial charge in [-0.15, -0.1) is 0 Å². The van der Waals surface area contributed by atoms with E-state index in [4.69, 9.17) is 4.74 Å². The minimum Gasteiger partial charge on any atom is -0.378 e. The van der Waals surface area contributed by atoms with Crippen LogP contribution in [0.3, 0.4) is 0 Å². The molecule has 1 aliphatic heterocycles. The van der Waals surface area contributed by atoms with Crippen LogP contribution in [0, 0.1) is 0 Å². The molecule has 0 radical (unpaired) electrons. The number of carbonyl (C=O) groups is 1. The predicted molar refractivity (Wildman–Crippen MR) is 69.3 cm³/mol. The molecule has 2 heterocycles. The van der Waals surface area contributed by atoms with Gasteiger partial charge in [0, 0.05) is 25.8 Å². The number of hydrogen-bond acceptors (Lipinski definition) is 4. The van der Waals surface area contributed by atoms with Gasteiger partial charge in [0.1, 0.15) is 5.82 Å². The van der Waals surface area contributed by atoms with Crippen molar-refractivity contribution in [1.29, 1.82) is 0 Å². The van der Waals surface area contributed by atoms with Crippen LogP contribution in [-0.4, -0.2) is 37.2 Å². The van der Waals surface area contributed by atoms with Crippen molar-refractivity contribution >= 4 is 11.7 Å². The van der Waals surface area contributed by atoms with E-state index in [1.807, 2.05) is 12.1 Å². The average Bonchev–Trinajstić information content (AvgIpc) is 2.46. The van der Waals surface area contributed by atoms with Crippen LogP contribution in [0.5, 0.6) is 0 Å². The fourth-order valence-electron chi connectivity index (χ4n) is 1.76. The molecular formula is C13H17N3O2. The number of hydrogen-bond donors (Lipinski definition) is 1. The summed E-state index contributed by atoms with van der Waals surface area (Å²) in [4.78, 5) is 17.6. The van der Waals surface area contributed by atoms with Crippen molar-refractivity contribution in [2.75, 3.05) is 31.2 Å². The van der Waals surface area contributed by atoms with Crippen molar-refractivity contribution in [3.8, 4) is 0 Å². The summed E-state index contributed by atoms with van der Waals surface area (Å²) in [6.45, 7) is 7.12. The quantitative estimate of drug-likeness (QED) is 0.797. The van der Waals surface area contributed by atoms with Crippen LogP contribution in [0.4, 0.5) is 5.82 Å². The Labute approximate surface area is 106 Å². The van der Waals surface area contributed by atoms with Gasteiger partial charge in [-0.3, -0.25) is 4.79 Å². The van der Waals surface area contributed by atoms with Gasteiger partial charge in [0.2, 0.25) is 5.91 Å². The van der Waals surface area contributed by atoms with Crippen molar-refractivity contribution in [1.82, 2.24) is 10.3 Å². The Kier molecular flexibility index (Phi) is 4.30. The first-order valence-corrected chi connectivity index (χ1v) is 5.97. The first-order valence-electron chi connectivity index (χ1n) is 5.97. The molecule has 0 aliphatic carbocycles. The Morgan fingerprint density at radius 2 is 2.28 bits per heavy atom. The lowest BCUT2D eigenvalue weighted by Gasteiger charge is -2.27. The Morgan fingerprint density at radius 1 is 1.50 bits per heavy atom. The van der Waals surface area contributed by atoms with Gasteiger partial charge >= 0.3 is 0 Å². The van der Waals surface area contributed by atoms with Gasteiger partial charge in [-0.25, -0.2) is 4.98 Å². The summed E-state index contributed by atoms with van der Waals surface area (Å²) in [5, 5.41) is 2.72. The van der Waals surface area contributed by atoms with E-state index < -0.39 is 0 Å². The number of pyridine rings is 1. The third-order valence-corrected chi connectivity index (χ3v) is 2.80. The molecule has 0 unspecified atom stereocenters. The Hall–Kier alpha value is -1.88. The predicted octanol–water partition coefficient (Wildman–Crippen LogP) is 0.720. The minimum atomic E-state index is -0.174. The summed E-state index contributed by atoms with van der Waals surface area (Å²) in [6.07, 6.45) is 3.05. The summed E-state index contributed by atoms with van der Waals surface area (Å²) in [5.41, 5.74) is 0.974. The molecule has 0 spiro atoms. The molecule has 1 amide bonds. The molecule has 18 heavy (non-hydrogen) atoms. The molecule has 1 aromatic heterocycles. The smallest absolute Gasteiger partial charge is 0.243 e. The van der Waals surface area contributed by atoms with E-state index in [9.17, 15) is 4.79 Å². The van der Waals surface area contributed by atoms with Crippen LogP contribution in [0.2, 0.25) is 0 Å². The standard InChI is InChI=1S/C13H17N3O2/c1-2-13(17)15-10-11-3-4-12(14-9-11)16-5-7-18-8-6-16/h2-4,9H,1,5-8,10H2,(H,15,17). The molecule has 1 aliphatic rings. The molecule has 0 atom stereocenters. The SMILES string of the molecule is C=CC(=O)NCc1ccc(N2CCOCC2)nc1. The summed E-state index contributed by atoms with van der Waals surface area (Å²) < 4.78 is 5.30. The van der Waals surface area contributed by atoms with E-state index in [1.165, 1.54) is 6.08 Å². The number of amides is 1. The van der Waals surface area contributed by atoms with Gasteiger partial charge in [-0.1, -0.05) is 12.6 Å². The van der Waals surface area contributed by atoms with Crippen LogP contribution in [0.25, 0.3) is 0 Å². The second-order valence-electron chi connectivity index (χ2n) is 4.05. The van der Waals surface area contributed by atoms with Crippen LogP contribution < -0.4 is 10.2 Å². The molecule has 0 bridgehead atoms. The number of rotatable bonds is 4. The normalized spacial score (nSPS) is 15.2. The number of nitrogens with zero attached hydrogens (tertiary/aromatic N) is 2. The van der Waals surface area contributed by atoms with Crippen LogP contribution in [0.1, 0.15) is 5.56 Å². The van der Waals surface area contributed by atoms with E-state index in [0.717, 1.165) is 37.7 Å². The Morgan fingerprint density at radius 3 is 2.89 bits per heavy atom. The van der Waals surface area contributed by atoms with Gasteiger partial charge in [-0.2, -0.15) is 0 Å². The highest BCUT2D eigenvalue weighted by Gasteiger charge is 2.11. The summed E-state index contributed by atoms with van der Waals surface area (Å²) >= 11 is 0.